The number of esters is 1. The van der Waals surface area contributed by atoms with Crippen molar-refractivity contribution in [3.8, 4) is 16.2 Å². The molecule has 2 heterocycles. The van der Waals surface area contributed by atoms with Crippen LogP contribution in [0.2, 0.25) is 0 Å². The van der Waals surface area contributed by atoms with Gasteiger partial charge in [0.05, 0.1) is 5.56 Å². The van der Waals surface area contributed by atoms with E-state index in [1.54, 1.807) is 24.3 Å². The van der Waals surface area contributed by atoms with Gasteiger partial charge < -0.3 is 4.74 Å². The number of ether oxygens (including phenoxy) is 1. The number of fused-ring (bicyclic) bond motifs is 3. The van der Waals surface area contributed by atoms with Crippen molar-refractivity contribution < 1.29 is 22.7 Å². The van der Waals surface area contributed by atoms with Gasteiger partial charge in [0.2, 0.25) is 0 Å². The number of halogens is 3. The van der Waals surface area contributed by atoms with Crippen molar-refractivity contribution >= 4 is 48.8 Å². The molecule has 0 N–H and O–H groups in total. The van der Waals surface area contributed by atoms with E-state index in [0.717, 1.165) is 32.4 Å². The topological polar surface area (TPSA) is 26.3 Å². The maximum Gasteiger partial charge on any atom is 0.417 e. The van der Waals surface area contributed by atoms with E-state index < -0.39 is 17.7 Å². The van der Waals surface area contributed by atoms with E-state index in [4.69, 9.17) is 4.74 Å². The summed E-state index contributed by atoms with van der Waals surface area (Å²) in [4.78, 5) is 12.3. The van der Waals surface area contributed by atoms with Gasteiger partial charge >= 0.3 is 12.1 Å². The molecule has 4 rings (SSSR count). The van der Waals surface area contributed by atoms with E-state index in [-0.39, 0.29) is 10.4 Å². The Labute approximate surface area is 154 Å². The number of hydrogen-bond acceptors (Lipinski definition) is 4. The molecule has 0 aliphatic rings. The summed E-state index contributed by atoms with van der Waals surface area (Å²) in [7, 11) is 0. The Morgan fingerprint density at radius 1 is 1.12 bits per heavy atom. The first-order chi connectivity index (χ1) is 12.4. The number of alkyl halides is 3. The van der Waals surface area contributed by atoms with Crippen LogP contribution in [0.15, 0.2) is 47.8 Å². The van der Waals surface area contributed by atoms with Crippen LogP contribution < -0.4 is 4.74 Å². The van der Waals surface area contributed by atoms with Crippen molar-refractivity contribution in [2.45, 2.75) is 13.1 Å². The zero-order valence-corrected chi connectivity index (χ0v) is 15.0. The number of rotatable bonds is 2. The van der Waals surface area contributed by atoms with Gasteiger partial charge in [0.15, 0.2) is 0 Å². The highest BCUT2D eigenvalue weighted by Gasteiger charge is 2.36. The summed E-state index contributed by atoms with van der Waals surface area (Å²) in [5.41, 5.74) is -0.263. The lowest BCUT2D eigenvalue weighted by Gasteiger charge is -2.15. The monoisotopic (exact) mass is 392 g/mol. The summed E-state index contributed by atoms with van der Waals surface area (Å²) in [5.74, 6) is -0.724. The zero-order chi connectivity index (χ0) is 18.5. The summed E-state index contributed by atoms with van der Waals surface area (Å²) >= 11 is 2.49. The first-order valence-corrected chi connectivity index (χ1v) is 9.33. The smallest absolute Gasteiger partial charge is 0.417 e. The Morgan fingerprint density at radius 2 is 1.88 bits per heavy atom. The van der Waals surface area contributed by atoms with Crippen LogP contribution in [0.5, 0.6) is 5.75 Å². The first-order valence-electron chi connectivity index (χ1n) is 7.64. The maximum atomic E-state index is 13.7. The highest BCUT2D eigenvalue weighted by molar-refractivity contribution is 7.26. The minimum Gasteiger partial charge on any atom is -0.426 e. The fourth-order valence-corrected chi connectivity index (χ4v) is 5.01. The van der Waals surface area contributed by atoms with E-state index in [1.165, 1.54) is 18.3 Å². The van der Waals surface area contributed by atoms with Crippen LogP contribution in [-0.2, 0) is 11.0 Å². The fraction of sp³-hybridized carbons (Fsp3) is 0.105. The van der Waals surface area contributed by atoms with Crippen LogP contribution in [0.1, 0.15) is 12.5 Å². The van der Waals surface area contributed by atoms with Gasteiger partial charge in [-0.15, -0.1) is 22.7 Å². The molecule has 2 aromatic heterocycles. The SMILES string of the molecule is CC(=O)Oc1cc(C(F)(F)F)c2sc3ccccc3c2c1-c1cccs1. The molecule has 0 saturated carbocycles. The normalized spacial score (nSPS) is 12.0. The Kier molecular flexibility index (Phi) is 4.00. The molecule has 0 aliphatic heterocycles. The van der Waals surface area contributed by atoms with E-state index in [9.17, 15) is 18.0 Å². The molecule has 0 spiro atoms. The lowest BCUT2D eigenvalue weighted by molar-refractivity contribution is -0.137. The van der Waals surface area contributed by atoms with Crippen LogP contribution in [0, 0.1) is 0 Å². The van der Waals surface area contributed by atoms with Crippen molar-refractivity contribution in [2.75, 3.05) is 0 Å². The Morgan fingerprint density at radius 3 is 2.54 bits per heavy atom. The fourth-order valence-electron chi connectivity index (χ4n) is 2.99. The van der Waals surface area contributed by atoms with Crippen molar-refractivity contribution in [3.63, 3.8) is 0 Å². The van der Waals surface area contributed by atoms with Gasteiger partial charge in [0, 0.05) is 37.5 Å². The van der Waals surface area contributed by atoms with Crippen LogP contribution in [0.4, 0.5) is 13.2 Å². The molecule has 0 unspecified atom stereocenters. The molecule has 0 saturated heterocycles. The highest BCUT2D eigenvalue weighted by Crippen LogP contribution is 2.50. The summed E-state index contributed by atoms with van der Waals surface area (Å²) in [6, 6.07) is 11.7. The second kappa shape index (κ2) is 6.10. The highest BCUT2D eigenvalue weighted by atomic mass is 32.1. The van der Waals surface area contributed by atoms with Crippen LogP contribution in [0.3, 0.4) is 0 Å². The molecular formula is C19H11F3O2S2. The second-order valence-corrected chi connectivity index (χ2v) is 7.67. The molecule has 4 aromatic rings. The van der Waals surface area contributed by atoms with Crippen molar-refractivity contribution in [1.29, 1.82) is 0 Å². The lowest BCUT2D eigenvalue weighted by atomic mass is 10.0. The van der Waals surface area contributed by atoms with Gasteiger partial charge in [-0.05, 0) is 23.6 Å². The van der Waals surface area contributed by atoms with Gasteiger partial charge in [-0.2, -0.15) is 13.2 Å². The Hall–Kier alpha value is -2.38. The standard InChI is InChI=1S/C19H11F3O2S2/c1-10(23)24-13-9-12(19(20,21)22)18-16(17(13)15-7-4-8-25-15)11-5-2-3-6-14(11)26-18/h2-9H,1H3. The molecule has 26 heavy (non-hydrogen) atoms. The van der Waals surface area contributed by atoms with Gasteiger partial charge in [0.1, 0.15) is 5.75 Å². The predicted octanol–water partition coefficient (Wildman–Crippen LogP) is 6.73. The molecule has 2 nitrogen and oxygen atoms in total. The molecule has 0 aliphatic carbocycles. The third-order valence-corrected chi connectivity index (χ3v) is 6.03. The molecule has 0 amide bonds. The Bertz CT molecular complexity index is 1130. The van der Waals surface area contributed by atoms with E-state index >= 15 is 0 Å². The predicted molar refractivity (Wildman–Crippen MR) is 99.0 cm³/mol. The molecule has 7 heteroatoms. The van der Waals surface area contributed by atoms with Crippen molar-refractivity contribution in [2.24, 2.45) is 0 Å². The van der Waals surface area contributed by atoms with Gasteiger partial charge in [0.25, 0.3) is 0 Å². The van der Waals surface area contributed by atoms with Gasteiger partial charge in [-0.1, -0.05) is 24.3 Å². The maximum absolute atomic E-state index is 13.7. The minimum absolute atomic E-state index is 0.0664. The van der Waals surface area contributed by atoms with Crippen LogP contribution >= 0.6 is 22.7 Å². The summed E-state index contributed by atoms with van der Waals surface area (Å²) in [5, 5.41) is 3.03. The van der Waals surface area contributed by atoms with E-state index in [0.29, 0.717) is 10.9 Å². The number of hydrogen-bond donors (Lipinski definition) is 0. The lowest BCUT2D eigenvalue weighted by Crippen LogP contribution is -2.08. The van der Waals surface area contributed by atoms with E-state index in [2.05, 4.69) is 0 Å². The molecule has 2 aromatic carbocycles. The molecule has 0 radical (unpaired) electrons. The zero-order valence-electron chi connectivity index (χ0n) is 13.4. The third-order valence-electron chi connectivity index (χ3n) is 3.94. The molecular weight excluding hydrogens is 381 g/mol. The molecule has 0 atom stereocenters. The summed E-state index contributed by atoms with van der Waals surface area (Å²) in [6.07, 6.45) is -4.55. The average Bonchev–Trinajstić information content (AvgIpc) is 3.20. The number of thiophene rings is 2. The van der Waals surface area contributed by atoms with E-state index in [1.807, 2.05) is 17.5 Å². The number of carbonyl (C=O) groups excluding carboxylic acids is 1. The second-order valence-electron chi connectivity index (χ2n) is 5.67. The third kappa shape index (κ3) is 2.77. The van der Waals surface area contributed by atoms with Gasteiger partial charge in [-0.25, -0.2) is 0 Å². The quantitative estimate of drug-likeness (QED) is 0.279. The first kappa shape index (κ1) is 17.1. The van der Waals surface area contributed by atoms with Crippen LogP contribution in [-0.4, -0.2) is 5.97 Å². The largest absolute Gasteiger partial charge is 0.426 e. The van der Waals surface area contributed by atoms with Crippen molar-refractivity contribution in [1.82, 2.24) is 0 Å². The minimum atomic E-state index is -4.55. The number of benzene rings is 2. The van der Waals surface area contributed by atoms with Crippen LogP contribution in [0.25, 0.3) is 30.6 Å². The Balaban J connectivity index is 2.23. The number of carbonyl (C=O) groups is 1. The molecule has 0 fully saturated rings. The summed E-state index contributed by atoms with van der Waals surface area (Å²) < 4.78 is 47.2. The molecule has 132 valence electrons. The van der Waals surface area contributed by atoms with Gasteiger partial charge in [-0.3, -0.25) is 4.79 Å². The average molecular weight is 392 g/mol. The molecule has 0 bridgehead atoms. The van der Waals surface area contributed by atoms with Crippen molar-refractivity contribution in [3.05, 3.63) is 53.4 Å². The summed E-state index contributed by atoms with van der Waals surface area (Å²) in [6.45, 7) is 1.18.